The molecule has 0 saturated carbocycles. The van der Waals surface area contributed by atoms with E-state index < -0.39 is 0 Å². The highest BCUT2D eigenvalue weighted by atomic mass is 35.5. The van der Waals surface area contributed by atoms with Gasteiger partial charge in [-0.3, -0.25) is 9.88 Å². The molecule has 0 aliphatic carbocycles. The van der Waals surface area contributed by atoms with E-state index in [9.17, 15) is 5.21 Å². The lowest BCUT2D eigenvalue weighted by atomic mass is 9.82. The minimum atomic E-state index is 0.0402. The van der Waals surface area contributed by atoms with Crippen molar-refractivity contribution < 1.29 is 5.21 Å². The highest BCUT2D eigenvalue weighted by Crippen LogP contribution is 2.36. The first-order valence-corrected chi connectivity index (χ1v) is 13.3. The molecule has 36 heavy (non-hydrogen) atoms. The van der Waals surface area contributed by atoms with Gasteiger partial charge in [0.05, 0.1) is 5.71 Å². The molecule has 2 aromatic carbocycles. The van der Waals surface area contributed by atoms with Gasteiger partial charge in [0.1, 0.15) is 0 Å². The summed E-state index contributed by atoms with van der Waals surface area (Å²) in [5, 5.41) is 14.4. The maximum absolute atomic E-state index is 9.96. The second-order valence-electron chi connectivity index (χ2n) is 11.1. The number of pyridine rings is 1. The molecule has 0 bridgehead atoms. The van der Waals surface area contributed by atoms with E-state index in [0.29, 0.717) is 18.1 Å². The molecule has 5 heteroatoms. The van der Waals surface area contributed by atoms with Crippen molar-refractivity contribution in [1.82, 2.24) is 9.88 Å². The van der Waals surface area contributed by atoms with E-state index in [0.717, 1.165) is 34.9 Å². The van der Waals surface area contributed by atoms with Crippen LogP contribution in [0.5, 0.6) is 0 Å². The standard InChI is InChI=1S/C31H38ClN3O/c1-21-18-27(32)10-11-28(21)29(20-30(34-36)26-12-15-33-22(2)19-26)25-8-6-23(7-9-25)24-13-16-35(17-14-24)31(3,4)5/h6-12,15,18-19,24,29,36H,13-14,16-17,20H2,1-5H3/b34-30+/t29-/m1/s1. The van der Waals surface area contributed by atoms with Crippen molar-refractivity contribution in [3.63, 3.8) is 0 Å². The number of aromatic nitrogens is 1. The zero-order chi connectivity index (χ0) is 25.9. The Morgan fingerprint density at radius 2 is 1.75 bits per heavy atom. The number of aryl methyl sites for hydroxylation is 2. The fraction of sp³-hybridized carbons (Fsp3) is 0.419. The maximum Gasteiger partial charge on any atom is 0.0878 e. The SMILES string of the molecule is Cc1cc(/C(C[C@H](c2ccc(C3CCN(C(C)(C)C)CC3)cc2)c2ccc(Cl)cc2C)=N/O)ccn1. The second kappa shape index (κ2) is 11.1. The molecule has 190 valence electrons. The summed E-state index contributed by atoms with van der Waals surface area (Å²) in [6.07, 6.45) is 4.72. The van der Waals surface area contributed by atoms with Gasteiger partial charge in [-0.05, 0) is 113 Å². The Hall–Kier alpha value is -2.69. The summed E-state index contributed by atoms with van der Waals surface area (Å²) in [6, 6.07) is 19.1. The van der Waals surface area contributed by atoms with Gasteiger partial charge in [-0.15, -0.1) is 0 Å². The van der Waals surface area contributed by atoms with Crippen LogP contribution in [-0.4, -0.2) is 39.4 Å². The molecular weight excluding hydrogens is 466 g/mol. The highest BCUT2D eigenvalue weighted by molar-refractivity contribution is 6.30. The third-order valence-corrected chi connectivity index (χ3v) is 7.84. The molecular formula is C31H38ClN3O. The summed E-state index contributed by atoms with van der Waals surface area (Å²) in [6.45, 7) is 13.2. The summed E-state index contributed by atoms with van der Waals surface area (Å²) in [5.74, 6) is 0.640. The lowest BCUT2D eigenvalue weighted by molar-refractivity contribution is 0.102. The van der Waals surface area contributed by atoms with Crippen LogP contribution in [0.2, 0.25) is 5.02 Å². The quantitative estimate of drug-likeness (QED) is 0.212. The normalized spacial score (nSPS) is 16.8. The number of rotatable bonds is 6. The molecule has 1 aromatic heterocycles. The molecule has 1 atom stereocenters. The number of likely N-dealkylation sites (tertiary alicyclic amines) is 1. The zero-order valence-corrected chi connectivity index (χ0v) is 22.9. The van der Waals surface area contributed by atoms with Crippen LogP contribution in [-0.2, 0) is 0 Å². The number of hydrogen-bond donors (Lipinski definition) is 1. The van der Waals surface area contributed by atoms with E-state index >= 15 is 0 Å². The van der Waals surface area contributed by atoms with Crippen LogP contribution < -0.4 is 0 Å². The van der Waals surface area contributed by atoms with Gasteiger partial charge in [-0.25, -0.2) is 0 Å². The first-order chi connectivity index (χ1) is 17.2. The minimum Gasteiger partial charge on any atom is -0.411 e. The molecule has 0 unspecified atom stereocenters. The van der Waals surface area contributed by atoms with E-state index in [1.807, 2.05) is 31.2 Å². The Bertz CT molecular complexity index is 1210. The molecule has 4 rings (SSSR count). The monoisotopic (exact) mass is 503 g/mol. The van der Waals surface area contributed by atoms with Crippen LogP contribution in [0.25, 0.3) is 0 Å². The number of halogens is 1. The lowest BCUT2D eigenvalue weighted by Gasteiger charge is -2.41. The van der Waals surface area contributed by atoms with Gasteiger partial charge in [0, 0.05) is 40.4 Å². The number of benzene rings is 2. The average molecular weight is 504 g/mol. The Balaban J connectivity index is 1.61. The van der Waals surface area contributed by atoms with Gasteiger partial charge < -0.3 is 5.21 Å². The van der Waals surface area contributed by atoms with Gasteiger partial charge in [0.25, 0.3) is 0 Å². The van der Waals surface area contributed by atoms with Crippen LogP contribution in [0, 0.1) is 13.8 Å². The molecule has 2 heterocycles. The Labute approximate surface area is 221 Å². The van der Waals surface area contributed by atoms with E-state index in [4.69, 9.17) is 11.6 Å². The minimum absolute atomic E-state index is 0.0402. The molecule has 4 nitrogen and oxygen atoms in total. The molecule has 0 radical (unpaired) electrons. The Morgan fingerprint density at radius 3 is 2.33 bits per heavy atom. The summed E-state index contributed by atoms with van der Waals surface area (Å²) in [5.41, 5.74) is 7.63. The molecule has 1 aliphatic heterocycles. The zero-order valence-electron chi connectivity index (χ0n) is 22.1. The molecule has 3 aromatic rings. The third kappa shape index (κ3) is 6.16. The first-order valence-electron chi connectivity index (χ1n) is 12.9. The summed E-state index contributed by atoms with van der Waals surface area (Å²) >= 11 is 6.28. The van der Waals surface area contributed by atoms with Crippen molar-refractivity contribution >= 4 is 17.3 Å². The topological polar surface area (TPSA) is 48.7 Å². The number of nitrogens with zero attached hydrogens (tertiary/aromatic N) is 3. The van der Waals surface area contributed by atoms with E-state index in [1.54, 1.807) is 6.20 Å². The lowest BCUT2D eigenvalue weighted by Crippen LogP contribution is -2.45. The van der Waals surface area contributed by atoms with Gasteiger partial charge >= 0.3 is 0 Å². The second-order valence-corrected chi connectivity index (χ2v) is 11.5. The van der Waals surface area contributed by atoms with Crippen molar-refractivity contribution in [3.05, 3.63) is 99.3 Å². The fourth-order valence-electron chi connectivity index (χ4n) is 5.46. The van der Waals surface area contributed by atoms with Gasteiger partial charge in [-0.1, -0.05) is 47.1 Å². The highest BCUT2D eigenvalue weighted by Gasteiger charge is 2.28. The maximum atomic E-state index is 9.96. The van der Waals surface area contributed by atoms with Crippen LogP contribution in [0.1, 0.15) is 85.4 Å². The third-order valence-electron chi connectivity index (χ3n) is 7.61. The van der Waals surface area contributed by atoms with E-state index in [1.165, 1.54) is 29.5 Å². The van der Waals surface area contributed by atoms with Crippen molar-refractivity contribution in [2.75, 3.05) is 13.1 Å². The van der Waals surface area contributed by atoms with Crippen molar-refractivity contribution in [2.45, 2.75) is 71.3 Å². The average Bonchev–Trinajstić information content (AvgIpc) is 2.85. The van der Waals surface area contributed by atoms with Crippen LogP contribution in [0.3, 0.4) is 0 Å². The summed E-state index contributed by atoms with van der Waals surface area (Å²) in [7, 11) is 0. The molecule has 1 aliphatic rings. The van der Waals surface area contributed by atoms with Crippen molar-refractivity contribution in [2.24, 2.45) is 5.16 Å². The first kappa shape index (κ1) is 26.4. The summed E-state index contributed by atoms with van der Waals surface area (Å²) < 4.78 is 0. The van der Waals surface area contributed by atoms with E-state index in [-0.39, 0.29) is 11.5 Å². The van der Waals surface area contributed by atoms with Crippen LogP contribution >= 0.6 is 11.6 Å². The number of piperidine rings is 1. The van der Waals surface area contributed by atoms with E-state index in [2.05, 4.69) is 73.1 Å². The molecule has 1 fully saturated rings. The summed E-state index contributed by atoms with van der Waals surface area (Å²) in [4.78, 5) is 6.88. The molecule has 0 amide bonds. The van der Waals surface area contributed by atoms with Crippen LogP contribution in [0.15, 0.2) is 65.9 Å². The predicted octanol–water partition coefficient (Wildman–Crippen LogP) is 7.73. The number of oxime groups is 1. The molecule has 1 N–H and O–H groups in total. The van der Waals surface area contributed by atoms with Crippen molar-refractivity contribution in [1.29, 1.82) is 0 Å². The van der Waals surface area contributed by atoms with Gasteiger partial charge in [-0.2, -0.15) is 0 Å². The molecule has 1 saturated heterocycles. The smallest absolute Gasteiger partial charge is 0.0878 e. The van der Waals surface area contributed by atoms with Crippen molar-refractivity contribution in [3.8, 4) is 0 Å². The predicted molar refractivity (Wildman–Crippen MR) is 150 cm³/mol. The molecule has 0 spiro atoms. The van der Waals surface area contributed by atoms with Gasteiger partial charge in [0.2, 0.25) is 0 Å². The Morgan fingerprint density at radius 1 is 1.06 bits per heavy atom. The number of hydrogen-bond acceptors (Lipinski definition) is 4. The van der Waals surface area contributed by atoms with Gasteiger partial charge in [0.15, 0.2) is 0 Å². The Kier molecular flexibility index (Phi) is 8.17. The largest absolute Gasteiger partial charge is 0.411 e. The van der Waals surface area contributed by atoms with Crippen LogP contribution in [0.4, 0.5) is 0 Å². The fourth-order valence-corrected chi connectivity index (χ4v) is 5.68.